The summed E-state index contributed by atoms with van der Waals surface area (Å²) in [5, 5.41) is 8.55. The first-order valence-corrected chi connectivity index (χ1v) is 13.7. The number of ether oxygens (including phenoxy) is 2. The second-order valence-corrected chi connectivity index (χ2v) is 10.7. The first kappa shape index (κ1) is 25.0. The number of fused-ring (bicyclic) bond motifs is 7. The molecule has 9 nitrogen and oxygen atoms in total. The van der Waals surface area contributed by atoms with Crippen molar-refractivity contribution in [2.75, 3.05) is 57.9 Å². The zero-order chi connectivity index (χ0) is 27.2. The average Bonchev–Trinajstić information content (AvgIpc) is 3.38. The van der Waals surface area contributed by atoms with E-state index in [1.165, 1.54) is 6.07 Å². The molecule has 0 saturated carbocycles. The number of carbonyl (C=O) groups excluding carboxylic acids is 1. The topological polar surface area (TPSA) is 86.8 Å². The van der Waals surface area contributed by atoms with Crippen LogP contribution in [-0.4, -0.2) is 89.9 Å². The van der Waals surface area contributed by atoms with Crippen molar-refractivity contribution in [3.8, 4) is 28.3 Å². The van der Waals surface area contributed by atoms with Crippen molar-refractivity contribution in [3.63, 3.8) is 0 Å². The quantitative estimate of drug-likeness (QED) is 0.393. The highest BCUT2D eigenvalue weighted by molar-refractivity contribution is 5.95. The maximum Gasteiger partial charge on any atom is 0.236 e. The summed E-state index contributed by atoms with van der Waals surface area (Å²) < 4.78 is 27.4. The Kier molecular flexibility index (Phi) is 6.36. The number of nitrogens with zero attached hydrogens (tertiary/aromatic N) is 5. The summed E-state index contributed by atoms with van der Waals surface area (Å²) in [6.45, 7) is 4.92. The van der Waals surface area contributed by atoms with Crippen LogP contribution in [-0.2, 0) is 16.1 Å². The molecule has 5 heterocycles. The van der Waals surface area contributed by atoms with Gasteiger partial charge in [0.1, 0.15) is 17.3 Å². The summed E-state index contributed by atoms with van der Waals surface area (Å²) in [5.41, 5.74) is 5.22. The number of hydrogen-bond donors (Lipinski definition) is 1. The van der Waals surface area contributed by atoms with Gasteiger partial charge in [-0.2, -0.15) is 5.10 Å². The van der Waals surface area contributed by atoms with Gasteiger partial charge in [0.2, 0.25) is 5.91 Å². The molecule has 0 radical (unpaired) electrons. The molecule has 10 heteroatoms. The van der Waals surface area contributed by atoms with Crippen LogP contribution in [0.4, 0.5) is 10.1 Å². The predicted molar refractivity (Wildman–Crippen MR) is 150 cm³/mol. The number of hydrogen-bond acceptors (Lipinski definition) is 7. The van der Waals surface area contributed by atoms with Crippen molar-refractivity contribution in [2.24, 2.45) is 0 Å². The summed E-state index contributed by atoms with van der Waals surface area (Å²) in [4.78, 5) is 23.2. The molecule has 40 heavy (non-hydrogen) atoms. The van der Waals surface area contributed by atoms with Gasteiger partial charge in [0.15, 0.2) is 0 Å². The molecule has 2 aromatic carbocycles. The van der Waals surface area contributed by atoms with Crippen LogP contribution < -0.4 is 9.64 Å². The van der Waals surface area contributed by atoms with Crippen LogP contribution in [0.2, 0.25) is 0 Å². The molecule has 3 aliphatic heterocycles. The molecule has 2 saturated heterocycles. The van der Waals surface area contributed by atoms with Crippen molar-refractivity contribution in [1.29, 1.82) is 0 Å². The molecular formula is C30H31FN6O3. The molecule has 4 bridgehead atoms. The lowest BCUT2D eigenvalue weighted by Gasteiger charge is -2.46. The minimum absolute atomic E-state index is 0.180. The number of likely N-dealkylation sites (N-methyl/N-ethyl adjacent to an activating group) is 1. The highest BCUT2D eigenvalue weighted by Gasteiger charge is 2.35. The normalized spacial score (nSPS) is 20.1. The molecular weight excluding hydrogens is 511 g/mol. The number of nitrogens with one attached hydrogen (secondary N) is 1. The molecule has 0 spiro atoms. The van der Waals surface area contributed by atoms with Crippen LogP contribution in [0, 0.1) is 5.82 Å². The molecule has 206 valence electrons. The Labute approximate surface area is 231 Å². The lowest BCUT2D eigenvalue weighted by molar-refractivity contribution is -0.137. The molecule has 7 rings (SSSR count). The van der Waals surface area contributed by atoms with E-state index in [2.05, 4.69) is 37.1 Å². The lowest BCUT2D eigenvalue weighted by Crippen LogP contribution is -2.63. The summed E-state index contributed by atoms with van der Waals surface area (Å²) >= 11 is 0. The number of halogens is 1. The Hall–Kier alpha value is -4.02. The van der Waals surface area contributed by atoms with Crippen molar-refractivity contribution in [1.82, 2.24) is 25.0 Å². The van der Waals surface area contributed by atoms with E-state index < -0.39 is 0 Å². The number of piperazine rings is 2. The Morgan fingerprint density at radius 3 is 2.95 bits per heavy atom. The van der Waals surface area contributed by atoms with Gasteiger partial charge in [0.05, 0.1) is 49.5 Å². The van der Waals surface area contributed by atoms with Gasteiger partial charge in [-0.1, -0.05) is 18.2 Å². The fourth-order valence-corrected chi connectivity index (χ4v) is 6.02. The number of carbonyl (C=O) groups is 1. The molecule has 2 aromatic heterocycles. The first-order valence-electron chi connectivity index (χ1n) is 13.7. The van der Waals surface area contributed by atoms with Crippen LogP contribution in [0.5, 0.6) is 5.75 Å². The maximum absolute atomic E-state index is 15.1. The third-order valence-corrected chi connectivity index (χ3v) is 8.18. The van der Waals surface area contributed by atoms with Gasteiger partial charge < -0.3 is 19.3 Å². The second kappa shape index (κ2) is 10.2. The summed E-state index contributed by atoms with van der Waals surface area (Å²) in [5.74, 6) is 0.645. The van der Waals surface area contributed by atoms with E-state index in [0.29, 0.717) is 37.4 Å². The predicted octanol–water partition coefficient (Wildman–Crippen LogP) is 3.69. The Morgan fingerprint density at radius 1 is 1.10 bits per heavy atom. The fourth-order valence-electron chi connectivity index (χ4n) is 6.02. The highest BCUT2D eigenvalue weighted by atomic mass is 19.1. The number of anilines is 1. The van der Waals surface area contributed by atoms with Crippen LogP contribution in [0.25, 0.3) is 33.4 Å². The maximum atomic E-state index is 15.1. The third kappa shape index (κ3) is 4.47. The lowest BCUT2D eigenvalue weighted by atomic mass is 10.0. The van der Waals surface area contributed by atoms with E-state index in [1.807, 2.05) is 30.1 Å². The minimum atomic E-state index is -0.328. The van der Waals surface area contributed by atoms with E-state index in [0.717, 1.165) is 65.3 Å². The van der Waals surface area contributed by atoms with Gasteiger partial charge in [-0.3, -0.25) is 19.8 Å². The first-order chi connectivity index (χ1) is 19.5. The monoisotopic (exact) mass is 542 g/mol. The van der Waals surface area contributed by atoms with Gasteiger partial charge in [-0.15, -0.1) is 0 Å². The van der Waals surface area contributed by atoms with E-state index in [1.54, 1.807) is 12.3 Å². The third-order valence-electron chi connectivity index (χ3n) is 8.18. The number of aromatic amines is 1. The van der Waals surface area contributed by atoms with Crippen LogP contribution in [0.1, 0.15) is 12.0 Å². The summed E-state index contributed by atoms with van der Waals surface area (Å²) in [6.07, 6.45) is 2.39. The number of rotatable bonds is 1. The van der Waals surface area contributed by atoms with Gasteiger partial charge in [-0.25, -0.2) is 4.39 Å². The number of benzene rings is 2. The summed E-state index contributed by atoms with van der Waals surface area (Å²) in [7, 11) is 1.88. The molecule has 1 amide bonds. The zero-order valence-electron chi connectivity index (χ0n) is 22.4. The van der Waals surface area contributed by atoms with E-state index in [4.69, 9.17) is 9.47 Å². The number of H-pyrrole nitrogens is 1. The van der Waals surface area contributed by atoms with Crippen LogP contribution in [0.15, 0.2) is 48.7 Å². The molecule has 1 unspecified atom stereocenters. The summed E-state index contributed by atoms with van der Waals surface area (Å²) in [6, 6.07) is 13.4. The molecule has 1 N–H and O–H groups in total. The molecule has 1 atom stereocenters. The minimum Gasteiger partial charge on any atom is -0.491 e. The zero-order valence-corrected chi connectivity index (χ0v) is 22.4. The average molecular weight is 543 g/mol. The smallest absolute Gasteiger partial charge is 0.236 e. The second-order valence-electron chi connectivity index (χ2n) is 10.7. The van der Waals surface area contributed by atoms with Gasteiger partial charge in [-0.05, 0) is 29.8 Å². The van der Waals surface area contributed by atoms with Crippen molar-refractivity contribution in [2.45, 2.75) is 19.1 Å². The SMILES string of the molecule is CN1CC2CN(c3ccc4cc3OCCCOCc3cccc(F)c3-c3cc5c-4n[nH]c5cn3)CCN2CC1=O. The van der Waals surface area contributed by atoms with Crippen LogP contribution in [0.3, 0.4) is 0 Å². The number of amides is 1. The Morgan fingerprint density at radius 2 is 2.02 bits per heavy atom. The van der Waals surface area contributed by atoms with E-state index in [-0.39, 0.29) is 24.4 Å². The van der Waals surface area contributed by atoms with E-state index >= 15 is 4.39 Å². The van der Waals surface area contributed by atoms with E-state index in [9.17, 15) is 4.79 Å². The molecule has 4 aromatic rings. The largest absolute Gasteiger partial charge is 0.491 e. The number of pyridine rings is 1. The van der Waals surface area contributed by atoms with Gasteiger partial charge >= 0.3 is 0 Å². The standard InChI is InChI=1S/C30H31FN6O3/c1-35-15-21-16-37(9-8-36(21)17-28(35)38)26-7-6-19-12-27(26)40-11-3-10-39-18-20-4-2-5-23(31)29(20)24-13-22-25(14-32-24)33-34-30(19)22/h2,4-7,12-14,21H,3,8-11,15-18H2,1H3,(H,33,34). The van der Waals surface area contributed by atoms with Gasteiger partial charge in [0.25, 0.3) is 0 Å². The molecule has 0 aliphatic carbocycles. The van der Waals surface area contributed by atoms with Crippen molar-refractivity contribution >= 4 is 22.5 Å². The fraction of sp³-hybridized carbons (Fsp3) is 0.367. The van der Waals surface area contributed by atoms with Gasteiger partial charge in [0, 0.05) is 62.2 Å². The molecule has 3 aliphatic rings. The number of aromatic nitrogens is 3. The Balaban J connectivity index is 1.28. The Bertz CT molecular complexity index is 1590. The van der Waals surface area contributed by atoms with Crippen molar-refractivity contribution < 1.29 is 18.7 Å². The highest BCUT2D eigenvalue weighted by Crippen LogP contribution is 2.38. The van der Waals surface area contributed by atoms with Crippen LogP contribution >= 0.6 is 0 Å². The van der Waals surface area contributed by atoms with Crippen molar-refractivity contribution in [3.05, 3.63) is 60.0 Å². The molecule has 2 fully saturated rings.